The molecule has 222 valence electrons. The molecule has 2 fully saturated rings. The SMILES string of the molecule is C[C@@H]([C]1[CH][CH][CH][C]1c1ccccc1P(c1ccccc1)c1ccccc1)P(c1ccccc1)c1ccccc1.[CH]1[CH][CH][CH][CH]1.[Fe]. The van der Waals surface area contributed by atoms with Crippen molar-refractivity contribution in [2.75, 3.05) is 0 Å². The van der Waals surface area contributed by atoms with Gasteiger partial charge >= 0.3 is 0 Å². The average molecular weight is 659 g/mol. The Morgan fingerprint density at radius 1 is 0.422 bits per heavy atom. The molecule has 2 saturated carbocycles. The zero-order valence-corrected chi connectivity index (χ0v) is 28.2. The van der Waals surface area contributed by atoms with Crippen LogP contribution in [0.25, 0.3) is 0 Å². The molecular formula is C42H36FeP2. The maximum atomic E-state index is 2.42. The van der Waals surface area contributed by atoms with Crippen molar-refractivity contribution < 1.29 is 17.1 Å². The summed E-state index contributed by atoms with van der Waals surface area (Å²) < 4.78 is 0. The summed E-state index contributed by atoms with van der Waals surface area (Å²) in [4.78, 5) is 0. The van der Waals surface area contributed by atoms with Gasteiger partial charge in [-0.05, 0) is 111 Å². The van der Waals surface area contributed by atoms with E-state index in [1.165, 1.54) is 43.9 Å². The van der Waals surface area contributed by atoms with Crippen LogP contribution >= 0.6 is 15.8 Å². The van der Waals surface area contributed by atoms with Gasteiger partial charge in [0, 0.05) is 23.0 Å². The Morgan fingerprint density at radius 3 is 1.29 bits per heavy atom. The topological polar surface area (TPSA) is 0 Å². The smallest absolute Gasteiger partial charge is 0.0171 e. The number of hydrogen-bond acceptors (Lipinski definition) is 0. The van der Waals surface area contributed by atoms with Crippen molar-refractivity contribution in [3.05, 3.63) is 214 Å². The zero-order chi connectivity index (χ0) is 30.0. The third kappa shape index (κ3) is 8.45. The van der Waals surface area contributed by atoms with E-state index in [2.05, 4.69) is 172 Å². The van der Waals surface area contributed by atoms with E-state index in [9.17, 15) is 0 Å². The Bertz CT molecular complexity index is 1450. The van der Waals surface area contributed by atoms with Gasteiger partial charge in [-0.3, -0.25) is 0 Å². The number of hydrogen-bond donors (Lipinski definition) is 0. The maximum Gasteiger partial charge on any atom is 0.0171 e. The van der Waals surface area contributed by atoms with Crippen LogP contribution in [0, 0.1) is 63.2 Å². The maximum absolute atomic E-state index is 2.42. The largest absolute Gasteiger partial charge is 0.0622 e. The van der Waals surface area contributed by atoms with E-state index in [4.69, 9.17) is 0 Å². The van der Waals surface area contributed by atoms with Crippen LogP contribution in [-0.2, 0) is 17.1 Å². The standard InChI is InChI=1S/C37H31P2.C5H5.Fe/c1-29(38(30-17-6-2-7-18-30)31-19-8-3-9-20-31)34-26-16-27-35(34)36-25-14-15-28-37(36)39(32-21-10-4-11-22-32)33-23-12-5-13-24-33;1-2-4-5-3-1;/h2-29H,1H3;1-5H;/t29-;;/m0../s1. The van der Waals surface area contributed by atoms with E-state index in [0.29, 0.717) is 5.66 Å². The second-order valence-corrected chi connectivity index (χ2v) is 15.3. The van der Waals surface area contributed by atoms with Crippen LogP contribution in [0.1, 0.15) is 12.5 Å². The van der Waals surface area contributed by atoms with Crippen molar-refractivity contribution in [1.29, 1.82) is 0 Å². The van der Waals surface area contributed by atoms with Gasteiger partial charge in [-0.2, -0.15) is 0 Å². The Balaban J connectivity index is 0.000000609. The van der Waals surface area contributed by atoms with Gasteiger partial charge in [0.1, 0.15) is 0 Å². The molecule has 10 radical (unpaired) electrons. The molecule has 0 amide bonds. The molecule has 0 N–H and O–H groups in total. The Morgan fingerprint density at radius 2 is 0.822 bits per heavy atom. The monoisotopic (exact) mass is 658 g/mol. The van der Waals surface area contributed by atoms with Crippen LogP contribution in [-0.4, -0.2) is 5.66 Å². The third-order valence-corrected chi connectivity index (χ3v) is 13.0. The fourth-order valence-electron chi connectivity index (χ4n) is 5.75. The quantitative estimate of drug-likeness (QED) is 0.117. The van der Waals surface area contributed by atoms with Crippen molar-refractivity contribution in [2.24, 2.45) is 0 Å². The van der Waals surface area contributed by atoms with Crippen LogP contribution < -0.4 is 26.5 Å². The molecule has 0 aromatic heterocycles. The van der Waals surface area contributed by atoms with Gasteiger partial charge in [-0.15, -0.1) is 0 Å². The summed E-state index contributed by atoms with van der Waals surface area (Å²) in [5.41, 5.74) is 1.71. The molecule has 2 aliphatic rings. The molecule has 3 heteroatoms. The van der Waals surface area contributed by atoms with Gasteiger partial charge in [0.25, 0.3) is 0 Å². The van der Waals surface area contributed by atoms with Gasteiger partial charge in [0.2, 0.25) is 0 Å². The van der Waals surface area contributed by atoms with Crippen molar-refractivity contribution in [3.63, 3.8) is 0 Å². The predicted molar refractivity (Wildman–Crippen MR) is 194 cm³/mol. The van der Waals surface area contributed by atoms with Gasteiger partial charge in [0.05, 0.1) is 0 Å². The molecule has 7 rings (SSSR count). The minimum atomic E-state index is -0.701. The van der Waals surface area contributed by atoms with Crippen LogP contribution in [0.3, 0.4) is 0 Å². The first-order valence-corrected chi connectivity index (χ1v) is 17.9. The van der Waals surface area contributed by atoms with Crippen molar-refractivity contribution in [3.8, 4) is 0 Å². The van der Waals surface area contributed by atoms with Crippen molar-refractivity contribution in [2.45, 2.75) is 12.6 Å². The van der Waals surface area contributed by atoms with Crippen molar-refractivity contribution in [1.82, 2.24) is 0 Å². The summed E-state index contributed by atoms with van der Waals surface area (Å²) in [5.74, 6) is 2.79. The molecule has 0 nitrogen and oxygen atoms in total. The van der Waals surface area contributed by atoms with Gasteiger partial charge < -0.3 is 0 Å². The predicted octanol–water partition coefficient (Wildman–Crippen LogP) is 8.11. The molecule has 0 bridgehead atoms. The van der Waals surface area contributed by atoms with Crippen LogP contribution in [0.2, 0.25) is 0 Å². The first-order valence-electron chi connectivity index (χ1n) is 15.1. The molecule has 0 aliphatic heterocycles. The second-order valence-electron chi connectivity index (χ2n) is 10.6. The molecule has 0 spiro atoms. The summed E-state index contributed by atoms with van der Waals surface area (Å²) in [6.07, 6.45) is 16.9. The second kappa shape index (κ2) is 17.4. The molecular weight excluding hydrogens is 622 g/mol. The molecule has 5 aromatic rings. The van der Waals surface area contributed by atoms with Crippen molar-refractivity contribution >= 4 is 42.4 Å². The van der Waals surface area contributed by atoms with Gasteiger partial charge in [-0.1, -0.05) is 153 Å². The van der Waals surface area contributed by atoms with E-state index in [1.807, 2.05) is 32.1 Å². The first kappa shape index (κ1) is 33.8. The van der Waals surface area contributed by atoms with Crippen LogP contribution in [0.4, 0.5) is 0 Å². The molecule has 1 atom stereocenters. The van der Waals surface area contributed by atoms with Gasteiger partial charge in [-0.25, -0.2) is 0 Å². The van der Waals surface area contributed by atoms with E-state index < -0.39 is 15.8 Å². The summed E-state index contributed by atoms with van der Waals surface area (Å²) in [6, 6.07) is 53.2. The van der Waals surface area contributed by atoms with E-state index >= 15 is 0 Å². The summed E-state index contributed by atoms with van der Waals surface area (Å²) in [7, 11) is -1.28. The summed E-state index contributed by atoms with van der Waals surface area (Å²) >= 11 is 0. The van der Waals surface area contributed by atoms with Crippen LogP contribution in [0.5, 0.6) is 0 Å². The number of benzene rings is 5. The third-order valence-electron chi connectivity index (χ3n) is 7.78. The molecule has 0 unspecified atom stereocenters. The van der Waals surface area contributed by atoms with E-state index in [1.54, 1.807) is 0 Å². The summed E-state index contributed by atoms with van der Waals surface area (Å²) in [5, 5.41) is 7.00. The molecule has 5 aromatic carbocycles. The average Bonchev–Trinajstić information content (AvgIpc) is 3.84. The number of rotatable bonds is 8. The summed E-state index contributed by atoms with van der Waals surface area (Å²) in [6.45, 7) is 2.42. The molecule has 0 heterocycles. The Hall–Kier alpha value is -2.52. The molecule has 45 heavy (non-hydrogen) atoms. The Kier molecular flexibility index (Phi) is 13.1. The fourth-order valence-corrected chi connectivity index (χ4v) is 10.9. The van der Waals surface area contributed by atoms with Gasteiger partial charge in [0.15, 0.2) is 0 Å². The minimum absolute atomic E-state index is 0. The molecule has 0 saturated heterocycles. The molecule has 2 aliphatic carbocycles. The van der Waals surface area contributed by atoms with E-state index in [0.717, 1.165) is 0 Å². The van der Waals surface area contributed by atoms with Crippen LogP contribution in [0.15, 0.2) is 146 Å². The minimum Gasteiger partial charge on any atom is -0.0622 e. The van der Waals surface area contributed by atoms with E-state index in [-0.39, 0.29) is 17.1 Å². The normalized spacial score (nSPS) is 15.8. The Labute approximate surface area is 285 Å². The first-order chi connectivity index (χ1) is 21.8. The fraction of sp³-hybridized carbons (Fsp3) is 0.0476. The zero-order valence-electron chi connectivity index (χ0n) is 25.3.